The van der Waals surface area contributed by atoms with Crippen molar-refractivity contribution in [3.63, 3.8) is 0 Å². The third-order valence-electron chi connectivity index (χ3n) is 6.38. The first kappa shape index (κ1) is 17.9. The highest BCUT2D eigenvalue weighted by molar-refractivity contribution is 7.17. The summed E-state index contributed by atoms with van der Waals surface area (Å²) in [5.41, 5.74) is 2.36. The lowest BCUT2D eigenvalue weighted by Crippen LogP contribution is -2.48. The maximum atomic E-state index is 12.4. The lowest BCUT2D eigenvalue weighted by Gasteiger charge is -2.45. The highest BCUT2D eigenvalue weighted by Gasteiger charge is 2.39. The average Bonchev–Trinajstić information content (AvgIpc) is 3.33. The molecule has 2 aliphatic rings. The molecular weight excluding hydrogens is 398 g/mol. The van der Waals surface area contributed by atoms with Gasteiger partial charge in [-0.15, -0.1) is 0 Å². The fourth-order valence-corrected chi connectivity index (χ4v) is 6.27. The van der Waals surface area contributed by atoms with Crippen molar-refractivity contribution in [1.82, 2.24) is 24.1 Å². The normalized spacial score (nSPS) is 22.1. The molecule has 1 N–H and O–H groups in total. The minimum atomic E-state index is -0.0769. The molecule has 6 rings (SSSR count). The molecule has 1 aromatic carbocycles. The number of likely N-dealkylation sites (tertiary alicyclic amines) is 1. The van der Waals surface area contributed by atoms with Crippen LogP contribution in [0.3, 0.4) is 0 Å². The zero-order valence-electron chi connectivity index (χ0n) is 16.3. The molecule has 7 nitrogen and oxygen atoms in total. The fraction of sp³-hybridized carbons (Fsp3) is 0.318. The summed E-state index contributed by atoms with van der Waals surface area (Å²) >= 11 is 1.49. The molecule has 152 valence electrons. The maximum Gasteiger partial charge on any atom is 0.250 e. The van der Waals surface area contributed by atoms with Gasteiger partial charge in [-0.05, 0) is 24.0 Å². The fourth-order valence-electron chi connectivity index (χ4n) is 5.18. The standard InChI is InChI=1S/C22H21N5O2S/c28-18-8-4-7-17-16-9-14(11-26(17)18)10-25(12-16)19(15-5-2-1-3-6-15)20-21(29)27-22(30-20)23-13-24-27/h1-8,13-14,16,19,29H,9-12H2/t14-,16-,19-/m0/s1. The van der Waals surface area contributed by atoms with Crippen molar-refractivity contribution in [1.29, 1.82) is 0 Å². The lowest BCUT2D eigenvalue weighted by atomic mass is 9.82. The molecule has 0 aliphatic carbocycles. The van der Waals surface area contributed by atoms with Crippen LogP contribution in [-0.4, -0.2) is 42.3 Å². The van der Waals surface area contributed by atoms with E-state index in [1.807, 2.05) is 28.8 Å². The zero-order chi connectivity index (χ0) is 20.2. The molecule has 2 aliphatic heterocycles. The van der Waals surface area contributed by atoms with Gasteiger partial charge in [0.15, 0.2) is 0 Å². The van der Waals surface area contributed by atoms with Crippen molar-refractivity contribution >= 4 is 16.3 Å². The summed E-state index contributed by atoms with van der Waals surface area (Å²) in [5, 5.41) is 15.1. The Kier molecular flexibility index (Phi) is 4.04. The summed E-state index contributed by atoms with van der Waals surface area (Å²) in [7, 11) is 0. The molecule has 30 heavy (non-hydrogen) atoms. The number of hydrogen-bond acceptors (Lipinski definition) is 6. The van der Waals surface area contributed by atoms with Crippen molar-refractivity contribution in [3.8, 4) is 5.88 Å². The van der Waals surface area contributed by atoms with Crippen molar-refractivity contribution in [2.45, 2.75) is 24.9 Å². The summed E-state index contributed by atoms with van der Waals surface area (Å²) in [6, 6.07) is 15.8. The van der Waals surface area contributed by atoms with Crippen molar-refractivity contribution in [2.24, 2.45) is 5.92 Å². The maximum absolute atomic E-state index is 12.4. The van der Waals surface area contributed by atoms with E-state index < -0.39 is 0 Å². The van der Waals surface area contributed by atoms with E-state index in [1.54, 1.807) is 6.07 Å². The summed E-state index contributed by atoms with van der Waals surface area (Å²) in [6.07, 6.45) is 2.57. The number of aromatic nitrogens is 4. The first-order valence-corrected chi connectivity index (χ1v) is 11.0. The molecule has 3 atom stereocenters. The molecule has 3 aromatic heterocycles. The van der Waals surface area contributed by atoms with Gasteiger partial charge in [-0.25, -0.2) is 4.98 Å². The van der Waals surface area contributed by atoms with Gasteiger partial charge < -0.3 is 9.67 Å². The van der Waals surface area contributed by atoms with Gasteiger partial charge in [0, 0.05) is 37.3 Å². The first-order valence-electron chi connectivity index (χ1n) is 10.2. The number of rotatable bonds is 3. The van der Waals surface area contributed by atoms with Crippen molar-refractivity contribution in [3.05, 3.63) is 81.3 Å². The second-order valence-corrected chi connectivity index (χ2v) is 9.22. The van der Waals surface area contributed by atoms with Gasteiger partial charge in [0.25, 0.3) is 5.56 Å². The molecule has 0 spiro atoms. The van der Waals surface area contributed by atoms with E-state index in [2.05, 4.69) is 33.2 Å². The monoisotopic (exact) mass is 419 g/mol. The van der Waals surface area contributed by atoms with Crippen LogP contribution in [0.4, 0.5) is 0 Å². The van der Waals surface area contributed by atoms with Crippen LogP contribution in [-0.2, 0) is 6.54 Å². The Balaban J connectivity index is 1.45. The largest absolute Gasteiger partial charge is 0.492 e. The zero-order valence-corrected chi connectivity index (χ0v) is 17.1. The predicted molar refractivity (Wildman–Crippen MR) is 114 cm³/mol. The number of piperidine rings is 1. The van der Waals surface area contributed by atoms with E-state index in [9.17, 15) is 9.90 Å². The molecule has 1 saturated heterocycles. The molecule has 1 fully saturated rings. The van der Waals surface area contributed by atoms with Gasteiger partial charge in [0.2, 0.25) is 10.8 Å². The van der Waals surface area contributed by atoms with E-state index in [-0.39, 0.29) is 17.5 Å². The van der Waals surface area contributed by atoms with Crippen LogP contribution in [0.15, 0.2) is 59.7 Å². The molecule has 0 amide bonds. The number of pyridine rings is 1. The van der Waals surface area contributed by atoms with Gasteiger partial charge in [0.1, 0.15) is 6.33 Å². The molecule has 0 unspecified atom stereocenters. The van der Waals surface area contributed by atoms with E-state index in [0.29, 0.717) is 16.8 Å². The van der Waals surface area contributed by atoms with Gasteiger partial charge >= 0.3 is 0 Å². The Bertz CT molecular complexity index is 1280. The molecule has 0 saturated carbocycles. The van der Waals surface area contributed by atoms with Crippen molar-refractivity contribution < 1.29 is 5.11 Å². The Morgan fingerprint density at radius 1 is 1.07 bits per heavy atom. The van der Waals surface area contributed by atoms with Crippen molar-refractivity contribution in [2.75, 3.05) is 13.1 Å². The number of thiazole rings is 1. The van der Waals surface area contributed by atoms with Gasteiger partial charge in [-0.3, -0.25) is 9.69 Å². The highest BCUT2D eigenvalue weighted by Crippen LogP contribution is 2.44. The number of fused-ring (bicyclic) bond motifs is 5. The number of aromatic hydroxyl groups is 1. The van der Waals surface area contributed by atoms with Crippen LogP contribution in [0.5, 0.6) is 5.88 Å². The SMILES string of the molecule is O=c1cccc2n1C[C@H]1C[C@H]2CN([C@@H](c2ccccc2)c2sc3ncnn3c2O)C1. The average molecular weight is 420 g/mol. The van der Waals surface area contributed by atoms with Crippen LogP contribution < -0.4 is 5.56 Å². The van der Waals surface area contributed by atoms with E-state index in [1.165, 1.54) is 22.2 Å². The third-order valence-corrected chi connectivity index (χ3v) is 7.46. The van der Waals surface area contributed by atoms with Crippen LogP contribution in [0.25, 0.3) is 4.96 Å². The minimum absolute atomic E-state index is 0.0769. The van der Waals surface area contributed by atoms with E-state index >= 15 is 0 Å². The molecule has 2 bridgehead atoms. The molecule has 8 heteroatoms. The van der Waals surface area contributed by atoms with E-state index in [0.717, 1.165) is 42.2 Å². The molecule has 4 aromatic rings. The molecule has 5 heterocycles. The summed E-state index contributed by atoms with van der Waals surface area (Å²) in [5.74, 6) is 0.877. The third kappa shape index (κ3) is 2.71. The van der Waals surface area contributed by atoms with E-state index in [4.69, 9.17) is 0 Å². The lowest BCUT2D eigenvalue weighted by molar-refractivity contribution is 0.0952. The predicted octanol–water partition coefficient (Wildman–Crippen LogP) is 2.87. The summed E-state index contributed by atoms with van der Waals surface area (Å²) < 4.78 is 3.46. The number of hydrogen-bond donors (Lipinski definition) is 1. The minimum Gasteiger partial charge on any atom is -0.492 e. The Labute approximate surface area is 176 Å². The Hall–Kier alpha value is -2.97. The van der Waals surface area contributed by atoms with Gasteiger partial charge in [-0.2, -0.15) is 9.61 Å². The smallest absolute Gasteiger partial charge is 0.250 e. The van der Waals surface area contributed by atoms with Crippen LogP contribution in [0.1, 0.15) is 34.5 Å². The second-order valence-electron chi connectivity index (χ2n) is 8.21. The van der Waals surface area contributed by atoms with Crippen LogP contribution in [0.2, 0.25) is 0 Å². The van der Waals surface area contributed by atoms with Gasteiger partial charge in [0.05, 0.1) is 10.9 Å². The number of nitrogens with zero attached hydrogens (tertiary/aromatic N) is 5. The first-order chi connectivity index (χ1) is 14.7. The highest BCUT2D eigenvalue weighted by atomic mass is 32.1. The Morgan fingerprint density at radius 2 is 1.93 bits per heavy atom. The molecule has 0 radical (unpaired) electrons. The summed E-state index contributed by atoms with van der Waals surface area (Å²) in [6.45, 7) is 2.47. The van der Waals surface area contributed by atoms with Crippen LogP contribution in [0, 0.1) is 5.92 Å². The molecular formula is C22H21N5O2S. The van der Waals surface area contributed by atoms with Gasteiger partial charge in [-0.1, -0.05) is 47.7 Å². The summed E-state index contributed by atoms with van der Waals surface area (Å²) in [4.78, 5) is 20.7. The quantitative estimate of drug-likeness (QED) is 0.553. The second kappa shape index (κ2) is 6.78. The number of benzene rings is 1. The topological polar surface area (TPSA) is 75.7 Å². The Morgan fingerprint density at radius 3 is 2.77 bits per heavy atom. The van der Waals surface area contributed by atoms with Crippen LogP contribution >= 0.6 is 11.3 Å².